The van der Waals surface area contributed by atoms with Crippen molar-refractivity contribution < 1.29 is 13.5 Å². The summed E-state index contributed by atoms with van der Waals surface area (Å²) in [5.74, 6) is 0. The first-order valence-electron chi connectivity index (χ1n) is 5.65. The highest BCUT2D eigenvalue weighted by molar-refractivity contribution is 7.89. The van der Waals surface area contributed by atoms with E-state index in [2.05, 4.69) is 14.8 Å². The van der Waals surface area contributed by atoms with Crippen molar-refractivity contribution >= 4 is 10.0 Å². The maximum Gasteiger partial charge on any atom is 0.258 e. The lowest BCUT2D eigenvalue weighted by Gasteiger charge is -2.06. The Morgan fingerprint density at radius 3 is 2.79 bits per heavy atom. The van der Waals surface area contributed by atoms with Gasteiger partial charge in [-0.3, -0.25) is 4.68 Å². The number of nitrogens with one attached hydrogen (secondary N) is 1. The molecule has 0 unspecified atom stereocenters. The van der Waals surface area contributed by atoms with Crippen molar-refractivity contribution in [1.82, 2.24) is 19.5 Å². The normalized spacial score (nSPS) is 11.6. The number of hydrogen-bond donors (Lipinski definition) is 2. The second-order valence-electron chi connectivity index (χ2n) is 3.83. The lowest BCUT2D eigenvalue weighted by molar-refractivity contribution is 0.281. The van der Waals surface area contributed by atoms with E-state index >= 15 is 0 Å². The van der Waals surface area contributed by atoms with Gasteiger partial charge in [-0.15, -0.1) is 0 Å². The minimum Gasteiger partial charge on any atom is -0.392 e. The summed E-state index contributed by atoms with van der Waals surface area (Å²) < 4.78 is 27.9. The topological polar surface area (TPSA) is 97.1 Å². The van der Waals surface area contributed by atoms with Crippen LogP contribution < -0.4 is 4.72 Å². The molecule has 8 heteroatoms. The summed E-state index contributed by atoms with van der Waals surface area (Å²) in [6.45, 7) is 0.508. The van der Waals surface area contributed by atoms with Crippen LogP contribution in [0.3, 0.4) is 0 Å². The average Bonchev–Trinajstić information content (AvgIpc) is 2.92. The molecule has 0 amide bonds. The zero-order valence-electron chi connectivity index (χ0n) is 10.1. The van der Waals surface area contributed by atoms with Gasteiger partial charge in [0.1, 0.15) is 0 Å². The summed E-state index contributed by atoms with van der Waals surface area (Å²) in [5, 5.41) is 12.8. The molecule has 102 valence electrons. The van der Waals surface area contributed by atoms with Crippen molar-refractivity contribution in [3.63, 3.8) is 0 Å². The monoisotopic (exact) mass is 282 g/mol. The number of aliphatic hydroxyl groups is 1. The summed E-state index contributed by atoms with van der Waals surface area (Å²) in [4.78, 5) is 3.80. The van der Waals surface area contributed by atoms with Crippen molar-refractivity contribution in [2.24, 2.45) is 0 Å². The fourth-order valence-electron chi connectivity index (χ4n) is 1.46. The number of pyridine rings is 1. The highest BCUT2D eigenvalue weighted by atomic mass is 32.2. The molecular formula is C11H14N4O3S. The lowest BCUT2D eigenvalue weighted by Crippen LogP contribution is -2.28. The Balaban J connectivity index is 1.97. The van der Waals surface area contributed by atoms with Gasteiger partial charge in [-0.05, 0) is 17.7 Å². The van der Waals surface area contributed by atoms with Gasteiger partial charge >= 0.3 is 0 Å². The van der Waals surface area contributed by atoms with Crippen molar-refractivity contribution in [1.29, 1.82) is 0 Å². The number of aromatic nitrogens is 3. The third-order valence-electron chi connectivity index (χ3n) is 2.45. The van der Waals surface area contributed by atoms with Crippen LogP contribution in [0.1, 0.15) is 5.56 Å². The Bertz CT molecular complexity index is 608. The molecule has 19 heavy (non-hydrogen) atoms. The zero-order chi connectivity index (χ0) is 13.7. The van der Waals surface area contributed by atoms with Gasteiger partial charge in [0, 0.05) is 25.1 Å². The quantitative estimate of drug-likeness (QED) is 0.761. The number of hydrogen-bond acceptors (Lipinski definition) is 5. The van der Waals surface area contributed by atoms with Crippen LogP contribution in [0.25, 0.3) is 0 Å². The van der Waals surface area contributed by atoms with Crippen molar-refractivity contribution in [2.45, 2.75) is 18.2 Å². The molecule has 2 N–H and O–H groups in total. The zero-order valence-corrected chi connectivity index (χ0v) is 10.9. The van der Waals surface area contributed by atoms with E-state index in [4.69, 9.17) is 5.11 Å². The smallest absolute Gasteiger partial charge is 0.258 e. The van der Waals surface area contributed by atoms with Crippen LogP contribution in [-0.4, -0.2) is 34.8 Å². The molecule has 2 aromatic rings. The summed E-state index contributed by atoms with van der Waals surface area (Å²) in [6, 6.07) is 4.65. The fraction of sp³-hybridized carbons (Fsp3) is 0.273. The first-order valence-corrected chi connectivity index (χ1v) is 7.13. The van der Waals surface area contributed by atoms with Crippen LogP contribution >= 0.6 is 0 Å². The molecule has 0 aliphatic carbocycles. The van der Waals surface area contributed by atoms with Gasteiger partial charge in [-0.1, -0.05) is 6.07 Å². The van der Waals surface area contributed by atoms with Gasteiger partial charge in [0.2, 0.25) is 0 Å². The molecule has 0 saturated carbocycles. The Labute approximate surface area is 111 Å². The van der Waals surface area contributed by atoms with Crippen molar-refractivity contribution in [2.75, 3.05) is 6.54 Å². The predicted molar refractivity (Wildman–Crippen MR) is 67.6 cm³/mol. The second-order valence-corrected chi connectivity index (χ2v) is 5.54. The molecule has 2 heterocycles. The SMILES string of the molecule is O=S(=O)(NCCn1cccn1)c1ccc(CO)cn1. The minimum absolute atomic E-state index is 0.0647. The molecule has 0 aliphatic heterocycles. The predicted octanol–water partition coefficient (Wildman–Crippen LogP) is -0.251. The first-order chi connectivity index (χ1) is 9.12. The maximum atomic E-state index is 11.9. The Morgan fingerprint density at radius 1 is 1.37 bits per heavy atom. The van der Waals surface area contributed by atoms with Gasteiger partial charge in [-0.25, -0.2) is 18.1 Å². The van der Waals surface area contributed by atoms with Crippen LogP contribution in [0.4, 0.5) is 0 Å². The summed E-state index contributed by atoms with van der Waals surface area (Å²) in [5.41, 5.74) is 0.565. The average molecular weight is 282 g/mol. The van der Waals surface area contributed by atoms with E-state index in [0.717, 1.165) is 0 Å². The van der Waals surface area contributed by atoms with Crippen molar-refractivity contribution in [3.8, 4) is 0 Å². The fourth-order valence-corrected chi connectivity index (χ4v) is 2.41. The van der Waals surface area contributed by atoms with Gasteiger partial charge in [-0.2, -0.15) is 5.10 Å². The number of aliphatic hydroxyl groups excluding tert-OH is 1. The van der Waals surface area contributed by atoms with E-state index < -0.39 is 10.0 Å². The molecule has 0 aliphatic rings. The van der Waals surface area contributed by atoms with E-state index in [1.807, 2.05) is 0 Å². The molecule has 2 aromatic heterocycles. The summed E-state index contributed by atoms with van der Waals surface area (Å²) in [6.07, 6.45) is 4.72. The van der Waals surface area contributed by atoms with Gasteiger partial charge in [0.25, 0.3) is 10.0 Å². The third kappa shape index (κ3) is 3.60. The summed E-state index contributed by atoms with van der Waals surface area (Å²) >= 11 is 0. The highest BCUT2D eigenvalue weighted by Gasteiger charge is 2.14. The van der Waals surface area contributed by atoms with Crippen LogP contribution in [0.2, 0.25) is 0 Å². The number of nitrogens with zero attached hydrogens (tertiary/aromatic N) is 3. The molecule has 0 fully saturated rings. The first kappa shape index (κ1) is 13.7. The molecule has 2 rings (SSSR count). The molecule has 0 atom stereocenters. The van der Waals surface area contributed by atoms with Gasteiger partial charge < -0.3 is 5.11 Å². The standard InChI is InChI=1S/C11H14N4O3S/c16-9-10-2-3-11(12-8-10)19(17,18)14-5-7-15-6-1-4-13-15/h1-4,6,8,14,16H,5,7,9H2. The third-order valence-corrected chi connectivity index (χ3v) is 3.82. The largest absolute Gasteiger partial charge is 0.392 e. The van der Waals surface area contributed by atoms with Crippen LogP contribution in [-0.2, 0) is 23.2 Å². The van der Waals surface area contributed by atoms with Gasteiger partial charge in [0.05, 0.1) is 13.2 Å². The van der Waals surface area contributed by atoms with E-state index in [1.54, 1.807) is 23.1 Å². The van der Waals surface area contributed by atoms with Crippen molar-refractivity contribution in [3.05, 3.63) is 42.4 Å². The Hall–Kier alpha value is -1.77. The van der Waals surface area contributed by atoms with E-state index in [1.165, 1.54) is 18.3 Å². The number of sulfonamides is 1. The number of rotatable bonds is 6. The Kier molecular flexibility index (Phi) is 4.25. The molecule has 0 aromatic carbocycles. The molecule has 7 nitrogen and oxygen atoms in total. The highest BCUT2D eigenvalue weighted by Crippen LogP contribution is 2.06. The van der Waals surface area contributed by atoms with E-state index in [0.29, 0.717) is 12.1 Å². The van der Waals surface area contributed by atoms with Crippen LogP contribution in [0, 0.1) is 0 Å². The van der Waals surface area contributed by atoms with E-state index in [-0.39, 0.29) is 18.2 Å². The molecule has 0 saturated heterocycles. The minimum atomic E-state index is -3.62. The summed E-state index contributed by atoms with van der Waals surface area (Å²) in [7, 11) is -3.62. The van der Waals surface area contributed by atoms with Crippen LogP contribution in [0.5, 0.6) is 0 Å². The molecule has 0 bridgehead atoms. The molecule has 0 spiro atoms. The van der Waals surface area contributed by atoms with Gasteiger partial charge in [0.15, 0.2) is 5.03 Å². The molecular weight excluding hydrogens is 268 g/mol. The maximum absolute atomic E-state index is 11.9. The second kappa shape index (κ2) is 5.91. The Morgan fingerprint density at radius 2 is 2.21 bits per heavy atom. The van der Waals surface area contributed by atoms with E-state index in [9.17, 15) is 8.42 Å². The lowest BCUT2D eigenvalue weighted by atomic mass is 10.3. The van der Waals surface area contributed by atoms with Crippen LogP contribution in [0.15, 0.2) is 41.8 Å². The molecule has 0 radical (unpaired) electrons.